The van der Waals surface area contributed by atoms with E-state index in [0.29, 0.717) is 19.4 Å². The van der Waals surface area contributed by atoms with E-state index in [1.165, 1.54) is 231 Å². The highest BCUT2D eigenvalue weighted by Gasteiger charge is 2.44. The van der Waals surface area contributed by atoms with Gasteiger partial charge in [-0.3, -0.25) is 9.59 Å². The number of hydrogen-bond acceptors (Lipinski definition) is 10. The van der Waals surface area contributed by atoms with E-state index < -0.39 is 49.5 Å². The van der Waals surface area contributed by atoms with Crippen molar-refractivity contribution in [2.24, 2.45) is 0 Å². The lowest BCUT2D eigenvalue weighted by Crippen LogP contribution is -2.60. The van der Waals surface area contributed by atoms with Gasteiger partial charge in [0.2, 0.25) is 5.91 Å². The number of carbonyl (C=O) groups excluding carboxylic acids is 2. The van der Waals surface area contributed by atoms with Crippen LogP contribution in [0.2, 0.25) is 0 Å². The van der Waals surface area contributed by atoms with E-state index in [0.717, 1.165) is 77.0 Å². The molecule has 1 aliphatic heterocycles. The monoisotopic (exact) mass is 1250 g/mol. The van der Waals surface area contributed by atoms with Crippen LogP contribution in [-0.2, 0) is 23.8 Å². The van der Waals surface area contributed by atoms with Crippen molar-refractivity contribution >= 4 is 11.9 Å². The van der Waals surface area contributed by atoms with Crippen molar-refractivity contribution in [1.29, 1.82) is 0 Å². The molecule has 1 aliphatic rings. The Kier molecular flexibility index (Phi) is 62.5. The molecule has 1 saturated heterocycles. The summed E-state index contributed by atoms with van der Waals surface area (Å²) in [6.45, 7) is 4.08. The summed E-state index contributed by atoms with van der Waals surface area (Å²) >= 11 is 0. The molecule has 1 fully saturated rings. The minimum atomic E-state index is -1.58. The largest absolute Gasteiger partial charge is 0.466 e. The smallest absolute Gasteiger partial charge is 0.305 e. The van der Waals surface area contributed by atoms with Crippen LogP contribution in [0.25, 0.3) is 0 Å². The van der Waals surface area contributed by atoms with Crippen LogP contribution in [0, 0.1) is 0 Å². The number of amides is 1. The van der Waals surface area contributed by atoms with Crippen LogP contribution < -0.4 is 5.32 Å². The van der Waals surface area contributed by atoms with E-state index >= 15 is 0 Å². The lowest BCUT2D eigenvalue weighted by atomic mass is 9.99. The number of aliphatic hydroxyl groups is 5. The summed E-state index contributed by atoms with van der Waals surface area (Å²) in [6, 6.07) is -0.834. The Morgan fingerprint density at radius 2 is 0.809 bits per heavy atom. The van der Waals surface area contributed by atoms with Crippen LogP contribution in [0.5, 0.6) is 0 Å². The van der Waals surface area contributed by atoms with E-state index in [1.54, 1.807) is 6.08 Å². The fraction of sp³-hybridized carbons (Fsp3) is 0.795. The van der Waals surface area contributed by atoms with E-state index in [2.05, 4.69) is 79.1 Å². The van der Waals surface area contributed by atoms with Gasteiger partial charge in [0.1, 0.15) is 24.4 Å². The number of allylic oxidation sites excluding steroid dienone is 13. The van der Waals surface area contributed by atoms with Gasteiger partial charge < -0.3 is 45.1 Å². The fourth-order valence-corrected chi connectivity index (χ4v) is 11.4. The Labute approximate surface area is 546 Å². The maximum atomic E-state index is 13.0. The van der Waals surface area contributed by atoms with Gasteiger partial charge in [-0.1, -0.05) is 291 Å². The molecular weight excluding hydrogens is 1110 g/mol. The Morgan fingerprint density at radius 1 is 0.438 bits per heavy atom. The molecular formula is C78H139NO10. The number of ether oxygens (including phenoxy) is 3. The predicted molar refractivity (Wildman–Crippen MR) is 375 cm³/mol. The molecule has 1 heterocycles. The van der Waals surface area contributed by atoms with Gasteiger partial charge in [0.15, 0.2) is 6.29 Å². The fourth-order valence-electron chi connectivity index (χ4n) is 11.4. The summed E-state index contributed by atoms with van der Waals surface area (Å²) in [6.07, 6.45) is 82.0. The molecule has 0 aromatic carbocycles. The molecule has 7 atom stereocenters. The Hall–Kier alpha value is -3.16. The third-order valence-electron chi connectivity index (χ3n) is 17.3. The summed E-state index contributed by atoms with van der Waals surface area (Å²) in [5, 5.41) is 54.2. The van der Waals surface area contributed by atoms with Gasteiger partial charge >= 0.3 is 5.97 Å². The number of esters is 1. The predicted octanol–water partition coefficient (Wildman–Crippen LogP) is 19.6. The first-order valence-electron chi connectivity index (χ1n) is 37.3. The summed E-state index contributed by atoms with van der Waals surface area (Å²) in [5.74, 6) is -0.196. The summed E-state index contributed by atoms with van der Waals surface area (Å²) < 4.78 is 16.7. The van der Waals surface area contributed by atoms with Crippen LogP contribution in [0.3, 0.4) is 0 Å². The summed E-state index contributed by atoms with van der Waals surface area (Å²) in [5.41, 5.74) is 0. The molecule has 516 valence electrons. The molecule has 0 bridgehead atoms. The second-order valence-electron chi connectivity index (χ2n) is 25.6. The first-order chi connectivity index (χ1) is 43.7. The van der Waals surface area contributed by atoms with Gasteiger partial charge in [-0.15, -0.1) is 0 Å². The van der Waals surface area contributed by atoms with Crippen molar-refractivity contribution in [1.82, 2.24) is 5.32 Å². The van der Waals surface area contributed by atoms with Crippen molar-refractivity contribution in [3.8, 4) is 0 Å². The molecule has 0 aliphatic carbocycles. The van der Waals surface area contributed by atoms with Crippen LogP contribution in [0.15, 0.2) is 85.1 Å². The van der Waals surface area contributed by atoms with Crippen molar-refractivity contribution < 1.29 is 49.3 Å². The topological polar surface area (TPSA) is 175 Å². The number of unbranched alkanes of at least 4 members (excludes halogenated alkanes) is 40. The van der Waals surface area contributed by atoms with Gasteiger partial charge in [0.05, 0.1) is 32.0 Å². The van der Waals surface area contributed by atoms with Crippen LogP contribution in [0.4, 0.5) is 0 Å². The second-order valence-corrected chi connectivity index (χ2v) is 25.6. The lowest BCUT2D eigenvalue weighted by Gasteiger charge is -2.40. The van der Waals surface area contributed by atoms with Crippen molar-refractivity contribution in [3.63, 3.8) is 0 Å². The minimum Gasteiger partial charge on any atom is -0.466 e. The SMILES string of the molecule is C/C=C/CC/C=C/CC/C=C/C(O)C(COC1OC(CO)C(O)C(O)C1O)NC(=O)CCCCCCCCCCCCCCCCCCC/C=C\C/C=C\CCCCCCCCCCCOC(=O)CCCCCCCCCCC/C=C\C/C=C\CCCCC. The molecule has 0 spiro atoms. The Morgan fingerprint density at radius 3 is 1.24 bits per heavy atom. The molecule has 0 saturated carbocycles. The van der Waals surface area contributed by atoms with Gasteiger partial charge in [0, 0.05) is 12.8 Å². The second kappa shape index (κ2) is 66.3. The zero-order chi connectivity index (χ0) is 64.4. The summed E-state index contributed by atoms with van der Waals surface area (Å²) in [7, 11) is 0. The number of carbonyl (C=O) groups is 2. The van der Waals surface area contributed by atoms with Crippen LogP contribution in [0.1, 0.15) is 335 Å². The van der Waals surface area contributed by atoms with E-state index in [1.807, 2.05) is 19.1 Å². The van der Waals surface area contributed by atoms with Crippen molar-refractivity contribution in [2.75, 3.05) is 19.8 Å². The number of aliphatic hydroxyl groups excluding tert-OH is 5. The van der Waals surface area contributed by atoms with E-state index in [-0.39, 0.29) is 18.5 Å². The average Bonchev–Trinajstić information content (AvgIpc) is 2.40. The third-order valence-corrected chi connectivity index (χ3v) is 17.3. The normalized spacial score (nSPS) is 18.2. The Bertz CT molecular complexity index is 1760. The molecule has 0 radical (unpaired) electrons. The van der Waals surface area contributed by atoms with Gasteiger partial charge in [-0.05, 0) is 116 Å². The zero-order valence-corrected chi connectivity index (χ0v) is 57.4. The maximum absolute atomic E-state index is 13.0. The first-order valence-corrected chi connectivity index (χ1v) is 37.3. The molecule has 11 heteroatoms. The highest BCUT2D eigenvalue weighted by Crippen LogP contribution is 2.23. The van der Waals surface area contributed by atoms with Gasteiger partial charge in [0.25, 0.3) is 0 Å². The minimum absolute atomic E-state index is 0.00225. The third kappa shape index (κ3) is 55.0. The van der Waals surface area contributed by atoms with Crippen molar-refractivity contribution in [2.45, 2.75) is 378 Å². The molecule has 11 nitrogen and oxygen atoms in total. The molecule has 7 unspecified atom stereocenters. The number of nitrogens with one attached hydrogen (secondary N) is 1. The highest BCUT2D eigenvalue weighted by molar-refractivity contribution is 5.76. The quantitative estimate of drug-likeness (QED) is 0.0195. The molecule has 0 aromatic heterocycles. The number of hydrogen-bond donors (Lipinski definition) is 6. The molecule has 1 amide bonds. The van der Waals surface area contributed by atoms with Crippen LogP contribution >= 0.6 is 0 Å². The average molecular weight is 1250 g/mol. The molecule has 89 heavy (non-hydrogen) atoms. The zero-order valence-electron chi connectivity index (χ0n) is 57.4. The number of rotatable bonds is 65. The molecule has 6 N–H and O–H groups in total. The van der Waals surface area contributed by atoms with E-state index in [4.69, 9.17) is 14.2 Å². The summed E-state index contributed by atoms with van der Waals surface area (Å²) in [4.78, 5) is 25.1. The Balaban J connectivity index is 1.89. The van der Waals surface area contributed by atoms with Gasteiger partial charge in [-0.25, -0.2) is 0 Å². The highest BCUT2D eigenvalue weighted by atomic mass is 16.7. The lowest BCUT2D eigenvalue weighted by molar-refractivity contribution is -0.302. The molecule has 0 aromatic rings. The first kappa shape index (κ1) is 83.9. The van der Waals surface area contributed by atoms with E-state index in [9.17, 15) is 35.1 Å². The van der Waals surface area contributed by atoms with Crippen LogP contribution in [-0.4, -0.2) is 100 Å². The van der Waals surface area contributed by atoms with Crippen molar-refractivity contribution in [3.05, 3.63) is 85.1 Å². The van der Waals surface area contributed by atoms with Gasteiger partial charge in [-0.2, -0.15) is 0 Å². The maximum Gasteiger partial charge on any atom is 0.305 e. The standard InChI is InChI=1S/C78H139NO10/c1-3-5-7-9-11-13-14-15-16-17-33-37-40-43-46-50-54-58-62-66-74(83)87-67-63-59-55-51-47-44-41-38-35-32-30-28-26-24-22-20-18-19-21-23-25-27-29-31-34-36-39-42-45-49-53-57-61-65-73(82)79-70(71(81)64-60-56-52-48-12-10-8-6-4-2)69-88-78-77(86)76(85)75(84)72(68-80)89-78/h4,6,11-13,15-16,22,24,28,30,48,60,64,70-72,75-78,80-81,84-86H,3,5,7-10,14,17-21,23,25-27,29,31-47,49-59,61-63,65-69H2,1-2H3,(H,79,82)/b6-4+,13-11-,16-15-,24-22-,30-28-,48-12+,64-60+. The molecule has 1 rings (SSSR count).